The second-order valence-electron chi connectivity index (χ2n) is 4.80. The number of nitrogens with one attached hydrogen (secondary N) is 1. The van der Waals surface area contributed by atoms with E-state index in [-0.39, 0.29) is 0 Å². The Balaban J connectivity index is 2.43. The summed E-state index contributed by atoms with van der Waals surface area (Å²) in [6.45, 7) is 10.5. The van der Waals surface area contributed by atoms with Crippen LogP contribution < -0.4 is 10.1 Å². The minimum atomic E-state index is 0.572. The molecule has 0 amide bonds. The molecular weight excluding hydrogens is 210 g/mol. The van der Waals surface area contributed by atoms with Crippen molar-refractivity contribution in [3.63, 3.8) is 0 Å². The van der Waals surface area contributed by atoms with E-state index < -0.39 is 0 Å². The minimum absolute atomic E-state index is 0.572. The third kappa shape index (κ3) is 5.22. The van der Waals surface area contributed by atoms with Crippen LogP contribution in [-0.2, 0) is 0 Å². The quantitative estimate of drug-likeness (QED) is 0.780. The van der Waals surface area contributed by atoms with Crippen LogP contribution in [0.25, 0.3) is 0 Å². The Morgan fingerprint density at radius 1 is 1.12 bits per heavy atom. The molecule has 0 bridgehead atoms. The van der Waals surface area contributed by atoms with Gasteiger partial charge in [-0.25, -0.2) is 0 Å². The van der Waals surface area contributed by atoms with Crippen LogP contribution in [0.1, 0.15) is 45.6 Å². The summed E-state index contributed by atoms with van der Waals surface area (Å²) in [5.41, 5.74) is 1.39. The van der Waals surface area contributed by atoms with E-state index in [2.05, 4.69) is 50.4 Å². The maximum absolute atomic E-state index is 5.44. The highest BCUT2D eigenvalue weighted by Gasteiger charge is 2.05. The molecule has 0 saturated heterocycles. The average molecular weight is 235 g/mol. The summed E-state index contributed by atoms with van der Waals surface area (Å²) in [6, 6.07) is 9.04. The van der Waals surface area contributed by atoms with Crippen molar-refractivity contribution in [3.05, 3.63) is 29.8 Å². The smallest absolute Gasteiger partial charge is 0.119 e. The molecule has 96 valence electrons. The van der Waals surface area contributed by atoms with Gasteiger partial charge in [0.25, 0.3) is 0 Å². The van der Waals surface area contributed by atoms with Crippen LogP contribution in [-0.4, -0.2) is 19.2 Å². The third-order valence-electron chi connectivity index (χ3n) is 2.89. The molecule has 1 rings (SSSR count). The van der Waals surface area contributed by atoms with Crippen molar-refractivity contribution in [3.8, 4) is 5.75 Å². The van der Waals surface area contributed by atoms with Gasteiger partial charge < -0.3 is 10.1 Å². The van der Waals surface area contributed by atoms with E-state index in [9.17, 15) is 0 Å². The monoisotopic (exact) mass is 235 g/mol. The minimum Gasteiger partial charge on any atom is -0.494 e. The van der Waals surface area contributed by atoms with E-state index in [0.717, 1.165) is 18.9 Å². The molecule has 1 aromatic rings. The first-order valence-electron chi connectivity index (χ1n) is 6.59. The van der Waals surface area contributed by atoms with E-state index in [0.29, 0.717) is 12.0 Å². The molecule has 2 nitrogen and oxygen atoms in total. The maximum atomic E-state index is 5.44. The lowest BCUT2D eigenvalue weighted by atomic mass is 9.98. The van der Waals surface area contributed by atoms with Gasteiger partial charge in [-0.15, -0.1) is 0 Å². The molecule has 0 spiro atoms. The lowest BCUT2D eigenvalue weighted by Crippen LogP contribution is -2.24. The largest absolute Gasteiger partial charge is 0.494 e. The predicted molar refractivity (Wildman–Crippen MR) is 73.8 cm³/mol. The Kier molecular flexibility index (Phi) is 6.06. The van der Waals surface area contributed by atoms with E-state index in [4.69, 9.17) is 4.74 Å². The molecule has 0 fully saturated rings. The van der Waals surface area contributed by atoms with Crippen LogP contribution in [0.15, 0.2) is 24.3 Å². The van der Waals surface area contributed by atoms with Gasteiger partial charge in [-0.2, -0.15) is 0 Å². The fourth-order valence-electron chi connectivity index (χ4n) is 1.81. The van der Waals surface area contributed by atoms with Crippen molar-refractivity contribution in [1.29, 1.82) is 0 Å². The van der Waals surface area contributed by atoms with Crippen LogP contribution in [0, 0.1) is 0 Å². The van der Waals surface area contributed by atoms with Gasteiger partial charge >= 0.3 is 0 Å². The normalized spacial score (nSPS) is 12.8. The molecular formula is C15H25NO. The van der Waals surface area contributed by atoms with Crippen LogP contribution >= 0.6 is 0 Å². The highest BCUT2D eigenvalue weighted by molar-refractivity contribution is 5.29. The standard InChI is InChI=1S/C15H25NO/c1-5-17-15-8-6-14(7-9-15)13(4)10-11-16-12(2)3/h6-9,12-13,16H,5,10-11H2,1-4H3. The van der Waals surface area contributed by atoms with Gasteiger partial charge in [0.2, 0.25) is 0 Å². The van der Waals surface area contributed by atoms with Gasteiger partial charge in [0.15, 0.2) is 0 Å². The van der Waals surface area contributed by atoms with Crippen molar-refractivity contribution in [2.75, 3.05) is 13.2 Å². The van der Waals surface area contributed by atoms with Gasteiger partial charge in [-0.05, 0) is 43.5 Å². The fraction of sp³-hybridized carbons (Fsp3) is 0.600. The Morgan fingerprint density at radius 2 is 1.76 bits per heavy atom. The molecule has 1 N–H and O–H groups in total. The van der Waals surface area contributed by atoms with Gasteiger partial charge in [0.1, 0.15) is 5.75 Å². The van der Waals surface area contributed by atoms with Crippen LogP contribution in [0.3, 0.4) is 0 Å². The fourth-order valence-corrected chi connectivity index (χ4v) is 1.81. The van der Waals surface area contributed by atoms with Crippen molar-refractivity contribution in [2.24, 2.45) is 0 Å². The number of ether oxygens (including phenoxy) is 1. The summed E-state index contributed by atoms with van der Waals surface area (Å²) in [5.74, 6) is 1.56. The highest BCUT2D eigenvalue weighted by Crippen LogP contribution is 2.21. The van der Waals surface area contributed by atoms with E-state index in [1.54, 1.807) is 0 Å². The zero-order chi connectivity index (χ0) is 12.7. The topological polar surface area (TPSA) is 21.3 Å². The molecule has 0 aliphatic rings. The highest BCUT2D eigenvalue weighted by atomic mass is 16.5. The Labute approximate surface area is 105 Å². The molecule has 0 aromatic heterocycles. The van der Waals surface area contributed by atoms with Gasteiger partial charge in [-0.1, -0.05) is 32.9 Å². The van der Waals surface area contributed by atoms with E-state index in [1.165, 1.54) is 12.0 Å². The summed E-state index contributed by atoms with van der Waals surface area (Å²) in [7, 11) is 0. The lowest BCUT2D eigenvalue weighted by Gasteiger charge is -2.14. The molecule has 2 heteroatoms. The molecule has 0 saturated carbocycles. The van der Waals surface area contributed by atoms with Gasteiger partial charge in [-0.3, -0.25) is 0 Å². The second-order valence-corrected chi connectivity index (χ2v) is 4.80. The summed E-state index contributed by atoms with van der Waals surface area (Å²) >= 11 is 0. The Bertz CT molecular complexity index is 305. The molecule has 0 aliphatic heterocycles. The number of hydrogen-bond donors (Lipinski definition) is 1. The van der Waals surface area contributed by atoms with Crippen LogP contribution in [0.5, 0.6) is 5.75 Å². The first-order chi connectivity index (χ1) is 8.13. The summed E-state index contributed by atoms with van der Waals surface area (Å²) in [6.07, 6.45) is 1.17. The van der Waals surface area contributed by atoms with Gasteiger partial charge in [0.05, 0.1) is 6.61 Å². The molecule has 0 radical (unpaired) electrons. The summed E-state index contributed by atoms with van der Waals surface area (Å²) in [4.78, 5) is 0. The second kappa shape index (κ2) is 7.33. The molecule has 1 atom stereocenters. The van der Waals surface area contributed by atoms with E-state index >= 15 is 0 Å². The van der Waals surface area contributed by atoms with Crippen LogP contribution in [0.4, 0.5) is 0 Å². The Hall–Kier alpha value is -1.02. The molecule has 0 heterocycles. The summed E-state index contributed by atoms with van der Waals surface area (Å²) in [5, 5.41) is 3.45. The van der Waals surface area contributed by atoms with Crippen LogP contribution in [0.2, 0.25) is 0 Å². The van der Waals surface area contributed by atoms with Crippen molar-refractivity contribution in [1.82, 2.24) is 5.32 Å². The Morgan fingerprint density at radius 3 is 2.29 bits per heavy atom. The number of hydrogen-bond acceptors (Lipinski definition) is 2. The molecule has 17 heavy (non-hydrogen) atoms. The molecule has 1 aromatic carbocycles. The van der Waals surface area contributed by atoms with E-state index in [1.807, 2.05) is 6.92 Å². The van der Waals surface area contributed by atoms with Crippen molar-refractivity contribution >= 4 is 0 Å². The SMILES string of the molecule is CCOc1ccc(C(C)CCNC(C)C)cc1. The maximum Gasteiger partial charge on any atom is 0.119 e. The zero-order valence-corrected chi connectivity index (χ0v) is 11.5. The number of benzene rings is 1. The van der Waals surface area contributed by atoms with Crippen molar-refractivity contribution in [2.45, 2.75) is 46.1 Å². The number of rotatable bonds is 7. The van der Waals surface area contributed by atoms with Crippen molar-refractivity contribution < 1.29 is 4.74 Å². The third-order valence-corrected chi connectivity index (χ3v) is 2.89. The first kappa shape index (κ1) is 14.0. The van der Waals surface area contributed by atoms with Gasteiger partial charge in [0, 0.05) is 6.04 Å². The summed E-state index contributed by atoms with van der Waals surface area (Å²) < 4.78 is 5.44. The first-order valence-corrected chi connectivity index (χ1v) is 6.59. The lowest BCUT2D eigenvalue weighted by molar-refractivity contribution is 0.340. The zero-order valence-electron chi connectivity index (χ0n) is 11.5. The predicted octanol–water partition coefficient (Wildman–Crippen LogP) is 3.58. The average Bonchev–Trinajstić information content (AvgIpc) is 2.30. The molecule has 0 aliphatic carbocycles. The molecule has 1 unspecified atom stereocenters.